The molecule has 0 bridgehead atoms. The van der Waals surface area contributed by atoms with Gasteiger partial charge < -0.3 is 4.98 Å². The zero-order chi connectivity index (χ0) is 25.7. The Hall–Kier alpha value is -2.80. The fourth-order valence-electron chi connectivity index (χ4n) is 3.80. The largest absolute Gasteiger partial charge is 0.349 e. The second-order valence-corrected chi connectivity index (χ2v) is 11.8. The number of benzene rings is 1. The number of aromatic amines is 1. The Kier molecular flexibility index (Phi) is 8.39. The molecule has 0 aliphatic heterocycles. The summed E-state index contributed by atoms with van der Waals surface area (Å²) in [6.07, 6.45) is 7.12. The smallest absolute Gasteiger partial charge is 0.331 e. The minimum absolute atomic E-state index is 0.132. The number of rotatable bonds is 11. The highest BCUT2D eigenvalue weighted by molar-refractivity contribution is 7.98. The van der Waals surface area contributed by atoms with Crippen LogP contribution >= 0.6 is 23.5 Å². The molecule has 4 aromatic rings. The maximum atomic E-state index is 13.1. The molecule has 0 atom stereocenters. The van der Waals surface area contributed by atoms with Crippen LogP contribution < -0.4 is 16.0 Å². The number of hydrogen-bond acceptors (Lipinski definition) is 7. The van der Waals surface area contributed by atoms with Gasteiger partial charge in [0.15, 0.2) is 0 Å². The minimum atomic E-state index is -3.71. The quantitative estimate of drug-likeness (QED) is 0.297. The molecule has 12 heteroatoms. The molecule has 0 saturated carbocycles. The number of fused-ring (bicyclic) bond motifs is 1. The van der Waals surface area contributed by atoms with Crippen molar-refractivity contribution in [1.82, 2.24) is 23.8 Å². The molecule has 4 rings (SSSR count). The lowest BCUT2D eigenvalue weighted by Crippen LogP contribution is -2.40. The molecule has 3 heterocycles. The number of H-pyrrole nitrogens is 1. The first-order valence-corrected chi connectivity index (χ1v) is 15.5. The van der Waals surface area contributed by atoms with Crippen molar-refractivity contribution in [3.8, 4) is 11.3 Å². The Bertz CT molecular complexity index is 1560. The first kappa shape index (κ1) is 26.3. The summed E-state index contributed by atoms with van der Waals surface area (Å²) in [5.74, 6) is 1.39. The number of thioether (sulfide) groups is 2. The van der Waals surface area contributed by atoms with E-state index >= 15 is 0 Å². The summed E-state index contributed by atoms with van der Waals surface area (Å²) in [6, 6.07) is 11.7. The van der Waals surface area contributed by atoms with Crippen LogP contribution in [0.15, 0.2) is 69.3 Å². The molecular formula is C24H27N5O4S3. The van der Waals surface area contributed by atoms with Crippen LogP contribution in [0.1, 0.15) is 5.56 Å². The van der Waals surface area contributed by atoms with E-state index in [4.69, 9.17) is 0 Å². The maximum Gasteiger partial charge on any atom is 0.331 e. The predicted molar refractivity (Wildman–Crippen MR) is 147 cm³/mol. The number of hydrogen-bond donors (Lipinski definition) is 2. The summed E-state index contributed by atoms with van der Waals surface area (Å²) in [6.45, 7) is 0.972. The molecule has 0 amide bonds. The highest BCUT2D eigenvalue weighted by Crippen LogP contribution is 2.24. The number of pyridine rings is 1. The van der Waals surface area contributed by atoms with Gasteiger partial charge in [0.1, 0.15) is 5.52 Å². The van der Waals surface area contributed by atoms with Gasteiger partial charge in [0.25, 0.3) is 5.56 Å². The summed E-state index contributed by atoms with van der Waals surface area (Å²) in [7, 11) is -3.71. The van der Waals surface area contributed by atoms with Gasteiger partial charge in [-0.1, -0.05) is 12.1 Å². The van der Waals surface area contributed by atoms with Crippen LogP contribution in [0.4, 0.5) is 0 Å². The van der Waals surface area contributed by atoms with Crippen molar-refractivity contribution in [3.63, 3.8) is 0 Å². The first-order valence-electron chi connectivity index (χ1n) is 11.2. The van der Waals surface area contributed by atoms with E-state index in [1.54, 1.807) is 70.8 Å². The lowest BCUT2D eigenvalue weighted by molar-refractivity contribution is 0.581. The van der Waals surface area contributed by atoms with Gasteiger partial charge >= 0.3 is 5.69 Å². The van der Waals surface area contributed by atoms with Crippen molar-refractivity contribution in [3.05, 3.63) is 81.3 Å². The third kappa shape index (κ3) is 5.61. The SMILES string of the molecule is CSCCn1c(=O)c2[nH]c(-c3ccc(S(=O)(=O)NCc4ccncc4)cc3)cc2n(CCSC)c1=O. The topological polar surface area (TPSA) is 119 Å². The van der Waals surface area contributed by atoms with Crippen LogP contribution in [0, 0.1) is 0 Å². The van der Waals surface area contributed by atoms with Crippen LogP contribution in [-0.2, 0) is 29.7 Å². The molecule has 0 saturated heterocycles. The Labute approximate surface area is 217 Å². The zero-order valence-electron chi connectivity index (χ0n) is 19.9. The van der Waals surface area contributed by atoms with Gasteiger partial charge in [0.05, 0.1) is 10.4 Å². The van der Waals surface area contributed by atoms with E-state index in [0.29, 0.717) is 41.1 Å². The maximum absolute atomic E-state index is 13.1. The number of aromatic nitrogens is 4. The van der Waals surface area contributed by atoms with Gasteiger partial charge in [0, 0.05) is 49.2 Å². The molecule has 9 nitrogen and oxygen atoms in total. The number of nitrogens with one attached hydrogen (secondary N) is 2. The van der Waals surface area contributed by atoms with Crippen LogP contribution in [0.5, 0.6) is 0 Å². The van der Waals surface area contributed by atoms with Gasteiger partial charge in [0.2, 0.25) is 10.0 Å². The van der Waals surface area contributed by atoms with Crippen molar-refractivity contribution in [2.24, 2.45) is 0 Å². The Morgan fingerprint density at radius 1 is 0.944 bits per heavy atom. The highest BCUT2D eigenvalue weighted by atomic mass is 32.2. The average Bonchev–Trinajstić information content (AvgIpc) is 3.34. The lowest BCUT2D eigenvalue weighted by Gasteiger charge is -2.11. The van der Waals surface area contributed by atoms with Crippen molar-refractivity contribution < 1.29 is 8.42 Å². The van der Waals surface area contributed by atoms with E-state index in [9.17, 15) is 18.0 Å². The lowest BCUT2D eigenvalue weighted by atomic mass is 10.1. The van der Waals surface area contributed by atoms with Crippen LogP contribution in [0.25, 0.3) is 22.3 Å². The molecule has 1 aromatic carbocycles. The fraction of sp³-hybridized carbons (Fsp3) is 0.292. The standard InChI is InChI=1S/C24H27N5O4S3/c1-34-13-11-28-21-15-20(27-22(21)23(30)29(24(28)31)12-14-35-2)18-3-5-19(6-4-18)36(32,33)26-16-17-7-9-25-10-8-17/h3-10,15,26-27H,11-14,16H2,1-2H3. The second-order valence-electron chi connectivity index (χ2n) is 8.02. The predicted octanol–water partition coefficient (Wildman–Crippen LogP) is 2.76. The van der Waals surface area contributed by atoms with E-state index in [-0.39, 0.29) is 22.7 Å². The fourth-order valence-corrected chi connectivity index (χ4v) is 5.55. The number of aryl methyl sites for hydroxylation is 1. The van der Waals surface area contributed by atoms with E-state index in [1.165, 1.54) is 16.7 Å². The van der Waals surface area contributed by atoms with Crippen molar-refractivity contribution >= 4 is 44.6 Å². The normalized spacial score (nSPS) is 11.8. The minimum Gasteiger partial charge on any atom is -0.349 e. The van der Waals surface area contributed by atoms with Crippen molar-refractivity contribution in [1.29, 1.82) is 0 Å². The van der Waals surface area contributed by atoms with E-state index in [0.717, 1.165) is 11.3 Å². The van der Waals surface area contributed by atoms with Gasteiger partial charge in [-0.2, -0.15) is 23.5 Å². The molecule has 190 valence electrons. The van der Waals surface area contributed by atoms with Crippen molar-refractivity contribution in [2.75, 3.05) is 24.0 Å². The zero-order valence-corrected chi connectivity index (χ0v) is 22.4. The third-order valence-electron chi connectivity index (χ3n) is 5.74. The molecule has 0 aliphatic rings. The number of nitrogens with zero attached hydrogens (tertiary/aromatic N) is 3. The highest BCUT2D eigenvalue weighted by Gasteiger charge is 2.18. The summed E-state index contributed by atoms with van der Waals surface area (Å²) in [4.78, 5) is 33.4. The first-order chi connectivity index (χ1) is 17.4. The molecule has 3 aromatic heterocycles. The third-order valence-corrected chi connectivity index (χ3v) is 8.34. The Balaban J connectivity index is 1.67. The van der Waals surface area contributed by atoms with Gasteiger partial charge in [-0.05, 0) is 54.0 Å². The van der Waals surface area contributed by atoms with Crippen LogP contribution in [0.3, 0.4) is 0 Å². The van der Waals surface area contributed by atoms with Gasteiger partial charge in [-0.25, -0.2) is 17.9 Å². The monoisotopic (exact) mass is 545 g/mol. The summed E-state index contributed by atoms with van der Waals surface area (Å²) in [5.41, 5.74) is 2.39. The van der Waals surface area contributed by atoms with E-state index in [1.807, 2.05) is 12.5 Å². The van der Waals surface area contributed by atoms with Crippen LogP contribution in [0.2, 0.25) is 0 Å². The average molecular weight is 546 g/mol. The van der Waals surface area contributed by atoms with E-state index < -0.39 is 10.0 Å². The molecule has 0 spiro atoms. The van der Waals surface area contributed by atoms with Gasteiger partial charge in [-0.15, -0.1) is 0 Å². The molecular weight excluding hydrogens is 518 g/mol. The number of sulfonamides is 1. The Morgan fingerprint density at radius 3 is 2.22 bits per heavy atom. The molecule has 0 radical (unpaired) electrons. The summed E-state index contributed by atoms with van der Waals surface area (Å²) < 4.78 is 31.0. The molecule has 0 aliphatic carbocycles. The molecule has 0 fully saturated rings. The van der Waals surface area contributed by atoms with Crippen molar-refractivity contribution in [2.45, 2.75) is 24.5 Å². The van der Waals surface area contributed by atoms with E-state index in [2.05, 4.69) is 14.7 Å². The van der Waals surface area contributed by atoms with Gasteiger partial charge in [-0.3, -0.25) is 18.9 Å². The summed E-state index contributed by atoms with van der Waals surface area (Å²) in [5, 5.41) is 0. The Morgan fingerprint density at radius 2 is 1.58 bits per heavy atom. The van der Waals surface area contributed by atoms with Crippen LogP contribution in [-0.4, -0.2) is 51.5 Å². The molecule has 0 unspecified atom stereocenters. The summed E-state index contributed by atoms with van der Waals surface area (Å²) >= 11 is 3.20. The molecule has 36 heavy (non-hydrogen) atoms. The molecule has 2 N–H and O–H groups in total. The second kappa shape index (κ2) is 11.5.